The van der Waals surface area contributed by atoms with Gasteiger partial charge in [0, 0.05) is 43.0 Å². The first kappa shape index (κ1) is 31.7. The first-order valence-electron chi connectivity index (χ1n) is 14.6. The van der Waals surface area contributed by atoms with Crippen molar-refractivity contribution in [2.75, 3.05) is 45.3 Å². The lowest BCUT2D eigenvalue weighted by atomic mass is 9.90. The van der Waals surface area contributed by atoms with Crippen LogP contribution < -0.4 is 10.6 Å². The van der Waals surface area contributed by atoms with Crippen molar-refractivity contribution in [3.05, 3.63) is 57.7 Å². The van der Waals surface area contributed by atoms with E-state index in [4.69, 9.17) is 21.3 Å². The standard InChI is InChI=1S/C31H39ClFN5O4/c1-42-24(18-33)20-38(16-3-2-8-23-11-10-21-7-5-15-35-28(21)36-23)17-12-26(29(39)40)37-30(41)31(13-14-31)27-22(19-34)6-4-9-25(27)32/h4,6,9-11,24,26H,2-3,5,7-8,12-18,20H2,1H3,(H,35,36)(H,37,41)(H,39,40)/t24-,26+/m1/s1. The summed E-state index contributed by atoms with van der Waals surface area (Å²) in [5.41, 5.74) is 2.03. The molecular weight excluding hydrogens is 561 g/mol. The molecule has 2 atom stereocenters. The summed E-state index contributed by atoms with van der Waals surface area (Å²) < 4.78 is 18.8. The zero-order valence-electron chi connectivity index (χ0n) is 24.0. The number of aliphatic carboxylic acids is 1. The number of aryl methyl sites for hydroxylation is 2. The summed E-state index contributed by atoms with van der Waals surface area (Å²) >= 11 is 6.38. The summed E-state index contributed by atoms with van der Waals surface area (Å²) in [7, 11) is 1.46. The van der Waals surface area contributed by atoms with Gasteiger partial charge in [-0.1, -0.05) is 23.7 Å². The Labute approximate surface area is 251 Å². The van der Waals surface area contributed by atoms with Crippen molar-refractivity contribution in [1.29, 1.82) is 5.26 Å². The molecule has 3 N–H and O–H groups in total. The number of unbranched alkanes of at least 4 members (excludes halogenated alkanes) is 1. The molecule has 1 aromatic heterocycles. The molecule has 0 radical (unpaired) electrons. The Hall–Kier alpha value is -3.26. The molecule has 1 fully saturated rings. The van der Waals surface area contributed by atoms with Crippen LogP contribution in [0.15, 0.2) is 30.3 Å². The van der Waals surface area contributed by atoms with Crippen LogP contribution in [0, 0.1) is 11.3 Å². The molecule has 0 saturated heterocycles. The molecule has 1 aromatic carbocycles. The monoisotopic (exact) mass is 599 g/mol. The Morgan fingerprint density at radius 2 is 2.10 bits per heavy atom. The van der Waals surface area contributed by atoms with E-state index in [1.807, 2.05) is 4.90 Å². The molecule has 0 bridgehead atoms. The maximum absolute atomic E-state index is 13.5. The fraction of sp³-hybridized carbons (Fsp3) is 0.548. The van der Waals surface area contributed by atoms with Crippen molar-refractivity contribution >= 4 is 29.3 Å². The molecule has 1 aliphatic heterocycles. The minimum absolute atomic E-state index is 0.131. The van der Waals surface area contributed by atoms with Crippen LogP contribution in [0.2, 0.25) is 5.02 Å². The second-order valence-electron chi connectivity index (χ2n) is 11.1. The van der Waals surface area contributed by atoms with E-state index in [0.717, 1.165) is 50.2 Å². The largest absolute Gasteiger partial charge is 0.480 e. The summed E-state index contributed by atoms with van der Waals surface area (Å²) in [6, 6.07) is 10.0. The maximum atomic E-state index is 13.5. The molecule has 1 amide bonds. The number of ether oxygens (including phenoxy) is 1. The molecule has 1 saturated carbocycles. The molecule has 0 unspecified atom stereocenters. The molecule has 2 heterocycles. The number of aromatic nitrogens is 1. The number of carbonyl (C=O) groups is 2. The van der Waals surface area contributed by atoms with E-state index < -0.39 is 36.1 Å². The van der Waals surface area contributed by atoms with E-state index in [1.54, 1.807) is 18.2 Å². The van der Waals surface area contributed by atoms with E-state index in [-0.39, 0.29) is 6.42 Å². The van der Waals surface area contributed by atoms with Crippen molar-refractivity contribution in [2.24, 2.45) is 0 Å². The molecule has 11 heteroatoms. The number of carboxylic acids is 1. The van der Waals surface area contributed by atoms with Gasteiger partial charge in [0.25, 0.3) is 0 Å². The second kappa shape index (κ2) is 14.8. The van der Waals surface area contributed by atoms with E-state index in [2.05, 4.69) is 28.8 Å². The van der Waals surface area contributed by atoms with Gasteiger partial charge in [-0.3, -0.25) is 4.79 Å². The van der Waals surface area contributed by atoms with Gasteiger partial charge < -0.3 is 25.4 Å². The van der Waals surface area contributed by atoms with Gasteiger partial charge in [-0.25, -0.2) is 14.2 Å². The number of rotatable bonds is 16. The van der Waals surface area contributed by atoms with Crippen LogP contribution in [-0.4, -0.2) is 79.0 Å². The fourth-order valence-corrected chi connectivity index (χ4v) is 5.96. The van der Waals surface area contributed by atoms with Crippen LogP contribution in [0.5, 0.6) is 0 Å². The van der Waals surface area contributed by atoms with Gasteiger partial charge in [0.1, 0.15) is 18.5 Å². The van der Waals surface area contributed by atoms with Crippen LogP contribution in [0.3, 0.4) is 0 Å². The van der Waals surface area contributed by atoms with Gasteiger partial charge in [-0.2, -0.15) is 5.26 Å². The lowest BCUT2D eigenvalue weighted by molar-refractivity contribution is -0.142. The third kappa shape index (κ3) is 7.77. The summed E-state index contributed by atoms with van der Waals surface area (Å²) in [5.74, 6) is -0.629. The van der Waals surface area contributed by atoms with Gasteiger partial charge >= 0.3 is 5.97 Å². The number of fused-ring (bicyclic) bond motifs is 1. The first-order valence-corrected chi connectivity index (χ1v) is 15.0. The highest BCUT2D eigenvalue weighted by Gasteiger charge is 2.54. The van der Waals surface area contributed by atoms with Crippen LogP contribution in [0.1, 0.15) is 60.9 Å². The maximum Gasteiger partial charge on any atom is 0.326 e. The van der Waals surface area contributed by atoms with Crippen molar-refractivity contribution < 1.29 is 23.8 Å². The van der Waals surface area contributed by atoms with Gasteiger partial charge in [0.05, 0.1) is 23.2 Å². The quantitative estimate of drug-likeness (QED) is 0.244. The van der Waals surface area contributed by atoms with E-state index in [0.29, 0.717) is 48.6 Å². The molecule has 1 aliphatic carbocycles. The van der Waals surface area contributed by atoms with Gasteiger partial charge in [-0.15, -0.1) is 0 Å². The Morgan fingerprint density at radius 3 is 2.79 bits per heavy atom. The Bertz CT molecular complexity index is 1290. The number of benzene rings is 1. The average Bonchev–Trinajstić information content (AvgIpc) is 3.80. The number of methoxy groups -OCH3 is 1. The van der Waals surface area contributed by atoms with Gasteiger partial charge in [-0.05, 0) is 81.7 Å². The van der Waals surface area contributed by atoms with E-state index in [9.17, 15) is 24.3 Å². The zero-order valence-corrected chi connectivity index (χ0v) is 24.8. The normalized spacial score (nSPS) is 16.5. The van der Waals surface area contributed by atoms with E-state index >= 15 is 0 Å². The van der Waals surface area contributed by atoms with Crippen LogP contribution in [0.4, 0.5) is 10.2 Å². The van der Waals surface area contributed by atoms with Crippen LogP contribution in [-0.2, 0) is 32.6 Å². The predicted octanol–water partition coefficient (Wildman–Crippen LogP) is 4.27. The summed E-state index contributed by atoms with van der Waals surface area (Å²) in [6.07, 6.45) is 5.11. The van der Waals surface area contributed by atoms with Crippen molar-refractivity contribution in [3.8, 4) is 6.07 Å². The topological polar surface area (TPSA) is 128 Å². The first-order chi connectivity index (χ1) is 20.3. The lowest BCUT2D eigenvalue weighted by Gasteiger charge is -2.28. The zero-order chi connectivity index (χ0) is 30.1. The number of carbonyl (C=O) groups excluding carboxylic acids is 1. The number of anilines is 1. The molecule has 2 aliphatic rings. The third-order valence-electron chi connectivity index (χ3n) is 8.21. The summed E-state index contributed by atoms with van der Waals surface area (Å²) in [5, 5.41) is 25.9. The highest BCUT2D eigenvalue weighted by Crippen LogP contribution is 2.52. The number of carboxylic acid groups (broad SMARTS) is 1. The smallest absolute Gasteiger partial charge is 0.326 e. The minimum Gasteiger partial charge on any atom is -0.480 e. The number of pyridine rings is 1. The number of hydrogen-bond donors (Lipinski definition) is 3. The van der Waals surface area contributed by atoms with Crippen molar-refractivity contribution in [3.63, 3.8) is 0 Å². The van der Waals surface area contributed by atoms with Crippen molar-refractivity contribution in [1.82, 2.24) is 15.2 Å². The molecule has 2 aromatic rings. The van der Waals surface area contributed by atoms with Gasteiger partial charge in [0.15, 0.2) is 0 Å². The Kier molecular flexibility index (Phi) is 11.1. The third-order valence-corrected chi connectivity index (χ3v) is 8.53. The number of amides is 1. The summed E-state index contributed by atoms with van der Waals surface area (Å²) in [4.78, 5) is 32.3. The summed E-state index contributed by atoms with van der Waals surface area (Å²) in [6.45, 7) is 1.55. The minimum atomic E-state index is -1.15. The lowest BCUT2D eigenvalue weighted by Crippen LogP contribution is -2.48. The highest BCUT2D eigenvalue weighted by atomic mass is 35.5. The number of alkyl halides is 1. The number of nitriles is 1. The van der Waals surface area contributed by atoms with Crippen LogP contribution >= 0.6 is 11.6 Å². The molecular formula is C31H39ClFN5O4. The van der Waals surface area contributed by atoms with Gasteiger partial charge in [0.2, 0.25) is 5.91 Å². The fourth-order valence-electron chi connectivity index (χ4n) is 5.60. The van der Waals surface area contributed by atoms with E-state index in [1.165, 1.54) is 12.7 Å². The average molecular weight is 600 g/mol. The molecule has 0 spiro atoms. The van der Waals surface area contributed by atoms with Crippen LogP contribution in [0.25, 0.3) is 0 Å². The Balaban J connectivity index is 1.35. The molecule has 4 rings (SSSR count). The molecule has 9 nitrogen and oxygen atoms in total. The second-order valence-corrected chi connectivity index (χ2v) is 11.5. The number of nitrogens with one attached hydrogen (secondary N) is 2. The number of nitrogens with zero attached hydrogens (tertiary/aromatic N) is 3. The predicted molar refractivity (Wildman–Crippen MR) is 158 cm³/mol. The molecule has 226 valence electrons. The number of halogens is 2. The molecule has 42 heavy (non-hydrogen) atoms. The number of hydrogen-bond acceptors (Lipinski definition) is 7. The SMILES string of the molecule is CO[C@H](CF)CN(CCCCc1ccc2c(n1)NCCC2)CC[C@H](NC(=O)C1(c2c(Cl)cccc2C#N)CC1)C(=O)O. The van der Waals surface area contributed by atoms with Crippen molar-refractivity contribution in [2.45, 2.75) is 68.9 Å². The highest BCUT2D eigenvalue weighted by molar-refractivity contribution is 6.32. The Morgan fingerprint density at radius 1 is 1.29 bits per heavy atom.